The molecule has 0 aliphatic carbocycles. The average Bonchev–Trinajstić information content (AvgIpc) is 2.41. The highest BCUT2D eigenvalue weighted by Gasteiger charge is 1.96. The van der Waals surface area contributed by atoms with Crippen molar-refractivity contribution in [1.29, 1.82) is 0 Å². The van der Waals surface area contributed by atoms with Gasteiger partial charge in [-0.1, -0.05) is 11.7 Å². The van der Waals surface area contributed by atoms with Gasteiger partial charge in [-0.3, -0.25) is 9.65 Å². The third-order valence-electron chi connectivity index (χ3n) is 0.500. The van der Waals surface area contributed by atoms with Crippen molar-refractivity contribution in [2.75, 3.05) is 0 Å². The third kappa shape index (κ3) is 9.82. The first kappa shape index (κ1) is 10.8. The summed E-state index contributed by atoms with van der Waals surface area (Å²) in [6.07, 6.45) is 3.46. The van der Waals surface area contributed by atoms with Crippen LogP contribution in [0.25, 0.3) is 0 Å². The van der Waals surface area contributed by atoms with Crippen molar-refractivity contribution >= 4 is 30.6 Å². The molecule has 0 fully saturated rings. The molecule has 1 aromatic heterocycles. The molecule has 0 radical (unpaired) electrons. The van der Waals surface area contributed by atoms with Gasteiger partial charge in [-0.2, -0.15) is 13.5 Å². The van der Waals surface area contributed by atoms with Gasteiger partial charge < -0.3 is 0 Å². The van der Waals surface area contributed by atoms with E-state index in [0.29, 0.717) is 0 Å². The Bertz CT molecular complexity index is 238. The SMILES string of the molecule is O=S(=O)(O)SS.c1cn[nH]c1. The molecule has 0 amide bonds. The summed E-state index contributed by atoms with van der Waals surface area (Å²) in [6.45, 7) is 0. The zero-order chi connectivity index (χ0) is 8.74. The molecule has 1 heterocycles. The van der Waals surface area contributed by atoms with Gasteiger partial charge in [0.15, 0.2) is 0 Å². The van der Waals surface area contributed by atoms with Crippen LogP contribution >= 0.6 is 21.5 Å². The first-order valence-corrected chi connectivity index (χ1v) is 6.13. The quantitative estimate of drug-likeness (QED) is 0.365. The van der Waals surface area contributed by atoms with Gasteiger partial charge in [0.2, 0.25) is 0 Å². The van der Waals surface area contributed by atoms with Crippen LogP contribution in [0.2, 0.25) is 0 Å². The lowest BCUT2D eigenvalue weighted by molar-refractivity contribution is 0.503. The van der Waals surface area contributed by atoms with Crippen molar-refractivity contribution < 1.29 is 13.0 Å². The van der Waals surface area contributed by atoms with Crippen LogP contribution in [0.5, 0.6) is 0 Å². The first-order chi connectivity index (χ1) is 5.06. The molecule has 11 heavy (non-hydrogen) atoms. The van der Waals surface area contributed by atoms with Crippen molar-refractivity contribution in [3.8, 4) is 0 Å². The molecule has 8 heteroatoms. The lowest BCUT2D eigenvalue weighted by Gasteiger charge is -1.77. The highest BCUT2D eigenvalue weighted by Crippen LogP contribution is 2.11. The molecular formula is C3H6N2O3S3. The van der Waals surface area contributed by atoms with E-state index in [1.165, 1.54) is 0 Å². The van der Waals surface area contributed by atoms with Crippen LogP contribution < -0.4 is 0 Å². The summed E-state index contributed by atoms with van der Waals surface area (Å²) in [5.41, 5.74) is 0. The van der Waals surface area contributed by atoms with E-state index < -0.39 is 9.15 Å². The monoisotopic (exact) mass is 214 g/mol. The highest BCUT2D eigenvalue weighted by atomic mass is 33.5. The van der Waals surface area contributed by atoms with Crippen molar-refractivity contribution in [3.05, 3.63) is 18.5 Å². The predicted octanol–water partition coefficient (Wildman–Crippen LogP) is 0.777. The Morgan fingerprint density at radius 2 is 2.18 bits per heavy atom. The third-order valence-corrected chi connectivity index (χ3v) is 2.95. The largest absolute Gasteiger partial charge is 0.329 e. The van der Waals surface area contributed by atoms with Crippen molar-refractivity contribution in [2.45, 2.75) is 0 Å². The van der Waals surface area contributed by atoms with Gasteiger partial charge in [0.25, 0.3) is 0 Å². The van der Waals surface area contributed by atoms with Gasteiger partial charge >= 0.3 is 9.15 Å². The Labute approximate surface area is 72.5 Å². The van der Waals surface area contributed by atoms with Gasteiger partial charge in [-0.25, -0.2) is 0 Å². The van der Waals surface area contributed by atoms with Gasteiger partial charge in [-0.15, -0.1) is 0 Å². The number of rotatable bonds is 1. The Balaban J connectivity index is 0.000000183. The predicted molar refractivity (Wildman–Crippen MR) is 46.7 cm³/mol. The van der Waals surface area contributed by atoms with Crippen LogP contribution in [0, 0.1) is 0 Å². The van der Waals surface area contributed by atoms with Gasteiger partial charge in [0.05, 0.1) is 9.83 Å². The number of H-pyrrole nitrogens is 1. The second-order valence-electron chi connectivity index (χ2n) is 1.27. The van der Waals surface area contributed by atoms with E-state index in [2.05, 4.69) is 21.9 Å². The number of aromatic amines is 1. The minimum Gasteiger partial charge on any atom is -0.286 e. The van der Waals surface area contributed by atoms with Crippen LogP contribution in [0.15, 0.2) is 18.5 Å². The van der Waals surface area contributed by atoms with E-state index in [0.717, 1.165) is 0 Å². The maximum atomic E-state index is 9.44. The van der Waals surface area contributed by atoms with E-state index in [1.54, 1.807) is 12.4 Å². The molecule has 0 saturated carbocycles. The smallest absolute Gasteiger partial charge is 0.286 e. The van der Waals surface area contributed by atoms with Crippen LogP contribution in [0.3, 0.4) is 0 Å². The number of thiol groups is 1. The summed E-state index contributed by atoms with van der Waals surface area (Å²) in [5.74, 6) is 0. The molecular weight excluding hydrogens is 208 g/mol. The van der Waals surface area contributed by atoms with Crippen molar-refractivity contribution in [2.24, 2.45) is 0 Å². The molecule has 0 unspecified atom stereocenters. The number of aromatic nitrogens is 2. The second kappa shape index (κ2) is 5.47. The van der Waals surface area contributed by atoms with Gasteiger partial charge in [-0.05, 0) is 6.07 Å². The minimum absolute atomic E-state index is 0.104. The molecule has 64 valence electrons. The van der Waals surface area contributed by atoms with Crippen LogP contribution in [0.1, 0.15) is 0 Å². The summed E-state index contributed by atoms with van der Waals surface area (Å²) in [7, 11) is -3.78. The number of hydrogen-bond acceptors (Lipinski definition) is 5. The molecule has 0 atom stereocenters. The fourth-order valence-electron chi connectivity index (χ4n) is 0.215. The maximum absolute atomic E-state index is 9.44. The highest BCUT2D eigenvalue weighted by molar-refractivity contribution is 9.01. The Morgan fingerprint density at radius 3 is 2.27 bits per heavy atom. The summed E-state index contributed by atoms with van der Waals surface area (Å²) in [4.78, 5) is 0. The molecule has 0 bridgehead atoms. The number of nitrogens with one attached hydrogen (secondary N) is 1. The molecule has 0 saturated heterocycles. The van der Waals surface area contributed by atoms with E-state index >= 15 is 0 Å². The number of hydrogen-bond donors (Lipinski definition) is 3. The molecule has 0 aliphatic heterocycles. The van der Waals surface area contributed by atoms with Crippen LogP contribution in [0.4, 0.5) is 0 Å². The summed E-state index contributed by atoms with van der Waals surface area (Å²) < 4.78 is 26.6. The Hall–Kier alpha value is -0.180. The molecule has 5 nitrogen and oxygen atoms in total. The molecule has 0 aromatic carbocycles. The topological polar surface area (TPSA) is 83.1 Å². The van der Waals surface area contributed by atoms with E-state index in [-0.39, 0.29) is 9.83 Å². The molecule has 0 aliphatic rings. The zero-order valence-electron chi connectivity index (χ0n) is 5.21. The van der Waals surface area contributed by atoms with Crippen LogP contribution in [-0.2, 0) is 9.15 Å². The first-order valence-electron chi connectivity index (χ1n) is 2.30. The van der Waals surface area contributed by atoms with E-state index in [4.69, 9.17) is 4.55 Å². The minimum atomic E-state index is -3.88. The molecule has 1 rings (SSSR count). The molecule has 2 N–H and O–H groups in total. The fraction of sp³-hybridized carbons (Fsp3) is 0. The van der Waals surface area contributed by atoms with E-state index in [1.807, 2.05) is 6.07 Å². The normalized spacial score (nSPS) is 10.0. The van der Waals surface area contributed by atoms with Crippen molar-refractivity contribution in [1.82, 2.24) is 10.2 Å². The second-order valence-corrected chi connectivity index (χ2v) is 5.33. The van der Waals surface area contributed by atoms with Crippen LogP contribution in [-0.4, -0.2) is 23.2 Å². The Morgan fingerprint density at radius 1 is 1.64 bits per heavy atom. The lowest BCUT2D eigenvalue weighted by atomic mass is 10.8. The van der Waals surface area contributed by atoms with Crippen molar-refractivity contribution in [3.63, 3.8) is 0 Å². The van der Waals surface area contributed by atoms with E-state index in [9.17, 15) is 8.42 Å². The summed E-state index contributed by atoms with van der Waals surface area (Å²) in [5, 5.41) is 6.21. The standard InChI is InChI=1S/C3H4N2.H2O3S3/c1-2-4-5-3-1;1-6(2,3)5-4/h1-3H,(H,4,5);4H,(H,1,2,3). The summed E-state index contributed by atoms with van der Waals surface area (Å²) >= 11 is 3.18. The zero-order valence-corrected chi connectivity index (χ0v) is 7.73. The molecule has 0 spiro atoms. The average molecular weight is 214 g/mol. The number of nitrogens with zero attached hydrogens (tertiary/aromatic N) is 1. The fourth-order valence-corrected chi connectivity index (χ4v) is 0.215. The molecule has 1 aromatic rings. The van der Waals surface area contributed by atoms with Gasteiger partial charge in [0, 0.05) is 12.4 Å². The maximum Gasteiger partial charge on any atom is 0.329 e. The summed E-state index contributed by atoms with van der Waals surface area (Å²) in [6, 6.07) is 1.83. The Kier molecular flexibility index (Phi) is 5.38. The van der Waals surface area contributed by atoms with Gasteiger partial charge in [0.1, 0.15) is 0 Å². The lowest BCUT2D eigenvalue weighted by Crippen LogP contribution is -1.82.